The summed E-state index contributed by atoms with van der Waals surface area (Å²) >= 11 is 0. The molecule has 0 unspecified atom stereocenters. The fraction of sp³-hybridized carbons (Fsp3) is 0.273. The van der Waals surface area contributed by atoms with Crippen LogP contribution in [0.1, 0.15) is 50.2 Å². The molecular weight excluding hydrogens is 504 g/mol. The molecular formula is C33H32F4O2. The van der Waals surface area contributed by atoms with Gasteiger partial charge in [0.25, 0.3) is 0 Å². The Kier molecular flexibility index (Phi) is 9.64. The van der Waals surface area contributed by atoms with Crippen molar-refractivity contribution in [2.24, 2.45) is 0 Å². The largest absolute Gasteiger partial charge is 0.490 e. The average molecular weight is 537 g/mol. The number of hydrogen-bond donors (Lipinski definition) is 0. The molecule has 204 valence electrons. The normalized spacial score (nSPS) is 11.0. The topological polar surface area (TPSA) is 18.5 Å². The second kappa shape index (κ2) is 13.3. The van der Waals surface area contributed by atoms with Crippen molar-refractivity contribution in [3.63, 3.8) is 0 Å². The van der Waals surface area contributed by atoms with Crippen molar-refractivity contribution in [2.45, 2.75) is 52.6 Å². The van der Waals surface area contributed by atoms with Gasteiger partial charge in [0.15, 0.2) is 23.2 Å². The highest BCUT2D eigenvalue weighted by molar-refractivity contribution is 5.66. The summed E-state index contributed by atoms with van der Waals surface area (Å²) in [5.41, 5.74) is 2.40. The van der Waals surface area contributed by atoms with Gasteiger partial charge in [-0.15, -0.1) is 0 Å². The number of ether oxygens (including phenoxy) is 2. The summed E-state index contributed by atoms with van der Waals surface area (Å²) in [5.74, 6) is -3.63. The predicted molar refractivity (Wildman–Crippen MR) is 147 cm³/mol. The van der Waals surface area contributed by atoms with Gasteiger partial charge < -0.3 is 9.47 Å². The summed E-state index contributed by atoms with van der Waals surface area (Å²) in [6, 6.07) is 19.4. The zero-order chi connectivity index (χ0) is 27.8. The minimum Gasteiger partial charge on any atom is -0.490 e. The lowest BCUT2D eigenvalue weighted by molar-refractivity contribution is 0.285. The third-order valence-electron chi connectivity index (χ3n) is 6.64. The summed E-state index contributed by atoms with van der Waals surface area (Å²) in [5, 5.41) is 0. The number of aryl methyl sites for hydroxylation is 1. The molecule has 0 saturated heterocycles. The van der Waals surface area contributed by atoms with Crippen LogP contribution in [0.2, 0.25) is 0 Å². The maximum atomic E-state index is 14.8. The molecule has 6 heteroatoms. The highest BCUT2D eigenvalue weighted by Crippen LogP contribution is 2.32. The fourth-order valence-corrected chi connectivity index (χ4v) is 4.30. The molecule has 0 atom stereocenters. The van der Waals surface area contributed by atoms with Crippen molar-refractivity contribution in [1.29, 1.82) is 0 Å². The van der Waals surface area contributed by atoms with E-state index in [1.807, 2.05) is 19.1 Å². The lowest BCUT2D eigenvalue weighted by atomic mass is 10.0. The van der Waals surface area contributed by atoms with Gasteiger partial charge in [-0.2, -0.15) is 4.39 Å². The molecule has 0 fully saturated rings. The van der Waals surface area contributed by atoms with E-state index in [1.165, 1.54) is 24.3 Å². The monoisotopic (exact) mass is 536 g/mol. The predicted octanol–water partition coefficient (Wildman–Crippen LogP) is 9.81. The Morgan fingerprint density at radius 2 is 1.15 bits per heavy atom. The van der Waals surface area contributed by atoms with Crippen LogP contribution in [0.25, 0.3) is 22.3 Å². The van der Waals surface area contributed by atoms with Gasteiger partial charge in [0.05, 0.1) is 6.61 Å². The van der Waals surface area contributed by atoms with E-state index in [0.29, 0.717) is 23.5 Å². The average Bonchev–Trinajstić information content (AvgIpc) is 2.95. The molecule has 0 radical (unpaired) electrons. The molecule has 0 bridgehead atoms. The number of rotatable bonds is 12. The first-order valence-corrected chi connectivity index (χ1v) is 13.3. The minimum absolute atomic E-state index is 0.0708. The first-order chi connectivity index (χ1) is 18.9. The highest BCUT2D eigenvalue weighted by atomic mass is 19.2. The molecule has 0 spiro atoms. The van der Waals surface area contributed by atoms with E-state index >= 15 is 0 Å². The van der Waals surface area contributed by atoms with Crippen molar-refractivity contribution in [3.05, 3.63) is 107 Å². The van der Waals surface area contributed by atoms with Crippen LogP contribution in [0.5, 0.6) is 11.5 Å². The fourth-order valence-electron chi connectivity index (χ4n) is 4.30. The van der Waals surface area contributed by atoms with E-state index in [4.69, 9.17) is 9.47 Å². The Hall–Kier alpha value is -3.80. The van der Waals surface area contributed by atoms with Crippen LogP contribution in [0.15, 0.2) is 72.8 Å². The van der Waals surface area contributed by atoms with Crippen LogP contribution in [0, 0.1) is 30.2 Å². The van der Waals surface area contributed by atoms with Crippen LogP contribution in [0.3, 0.4) is 0 Å². The Balaban J connectivity index is 1.38. The van der Waals surface area contributed by atoms with Crippen LogP contribution in [-0.2, 0) is 6.61 Å². The molecule has 2 nitrogen and oxygen atoms in total. The Labute approximate surface area is 227 Å². The van der Waals surface area contributed by atoms with Crippen LogP contribution >= 0.6 is 0 Å². The van der Waals surface area contributed by atoms with Gasteiger partial charge in [0.1, 0.15) is 12.4 Å². The molecule has 0 heterocycles. The second-order valence-corrected chi connectivity index (χ2v) is 9.58. The molecule has 4 rings (SSSR count). The number of unbranched alkanes of at least 4 members (excludes halogenated alkanes) is 4. The van der Waals surface area contributed by atoms with Gasteiger partial charge in [-0.05, 0) is 48.7 Å². The SMILES string of the molecule is CCCCCCCOc1ccc(-c2ccc(OCc3ccc(-c4ccc(C)cc4)c(F)c3F)cc2)c(F)c1F. The summed E-state index contributed by atoms with van der Waals surface area (Å²) in [6.07, 6.45) is 5.17. The third-order valence-corrected chi connectivity index (χ3v) is 6.64. The Morgan fingerprint density at radius 1 is 0.564 bits per heavy atom. The smallest absolute Gasteiger partial charge is 0.201 e. The maximum absolute atomic E-state index is 14.8. The van der Waals surface area contributed by atoms with E-state index in [9.17, 15) is 17.6 Å². The molecule has 0 aliphatic heterocycles. The van der Waals surface area contributed by atoms with E-state index < -0.39 is 23.3 Å². The zero-order valence-electron chi connectivity index (χ0n) is 22.2. The quantitative estimate of drug-likeness (QED) is 0.133. The standard InChI is InChI=1S/C33H32F4O2/c1-3-4-5-6-7-20-38-29-19-18-28(32(36)33(29)37)24-12-15-26(16-13-24)39-21-25-14-17-27(31(35)30(25)34)23-10-8-22(2)9-11-23/h8-19H,3-7,20-21H2,1-2H3. The molecule has 0 aromatic heterocycles. The third kappa shape index (κ3) is 6.99. The van der Waals surface area contributed by atoms with E-state index in [1.54, 1.807) is 36.4 Å². The summed E-state index contributed by atoms with van der Waals surface area (Å²) in [4.78, 5) is 0. The molecule has 0 aliphatic rings. The van der Waals surface area contributed by atoms with Crippen LogP contribution < -0.4 is 9.47 Å². The van der Waals surface area contributed by atoms with E-state index in [2.05, 4.69) is 6.92 Å². The zero-order valence-corrected chi connectivity index (χ0v) is 22.2. The van der Waals surface area contributed by atoms with Gasteiger partial charge in [0, 0.05) is 16.7 Å². The van der Waals surface area contributed by atoms with Crippen LogP contribution in [-0.4, -0.2) is 6.61 Å². The molecule has 4 aromatic carbocycles. The molecule has 0 amide bonds. The number of halogens is 4. The molecule has 39 heavy (non-hydrogen) atoms. The van der Waals surface area contributed by atoms with E-state index in [0.717, 1.165) is 37.7 Å². The minimum atomic E-state index is -1.02. The Morgan fingerprint density at radius 3 is 1.82 bits per heavy atom. The lowest BCUT2D eigenvalue weighted by Gasteiger charge is -2.12. The van der Waals surface area contributed by atoms with Gasteiger partial charge in [-0.3, -0.25) is 0 Å². The van der Waals surface area contributed by atoms with Crippen molar-refractivity contribution >= 4 is 0 Å². The first kappa shape index (κ1) is 28.2. The molecule has 4 aromatic rings. The lowest BCUT2D eigenvalue weighted by Crippen LogP contribution is -2.02. The second-order valence-electron chi connectivity index (χ2n) is 9.58. The maximum Gasteiger partial charge on any atom is 0.201 e. The van der Waals surface area contributed by atoms with Crippen molar-refractivity contribution < 1.29 is 27.0 Å². The van der Waals surface area contributed by atoms with Gasteiger partial charge >= 0.3 is 0 Å². The van der Waals surface area contributed by atoms with Crippen molar-refractivity contribution in [2.75, 3.05) is 6.61 Å². The Bertz CT molecular complexity index is 1380. The molecule has 0 saturated carbocycles. The van der Waals surface area contributed by atoms with Crippen LogP contribution in [0.4, 0.5) is 17.6 Å². The first-order valence-electron chi connectivity index (χ1n) is 13.3. The number of benzene rings is 4. The van der Waals surface area contributed by atoms with Gasteiger partial charge in [-0.1, -0.05) is 86.7 Å². The van der Waals surface area contributed by atoms with Gasteiger partial charge in [0.2, 0.25) is 5.82 Å². The summed E-state index contributed by atoms with van der Waals surface area (Å²) < 4.78 is 69.9. The molecule has 0 aliphatic carbocycles. The highest BCUT2D eigenvalue weighted by Gasteiger charge is 2.17. The summed E-state index contributed by atoms with van der Waals surface area (Å²) in [6.45, 7) is 4.20. The van der Waals surface area contributed by atoms with Crippen molar-refractivity contribution in [1.82, 2.24) is 0 Å². The number of hydrogen-bond acceptors (Lipinski definition) is 2. The van der Waals surface area contributed by atoms with E-state index in [-0.39, 0.29) is 29.0 Å². The summed E-state index contributed by atoms with van der Waals surface area (Å²) in [7, 11) is 0. The van der Waals surface area contributed by atoms with Gasteiger partial charge in [-0.25, -0.2) is 13.2 Å². The van der Waals surface area contributed by atoms with Crippen molar-refractivity contribution in [3.8, 4) is 33.8 Å². The molecule has 0 N–H and O–H groups in total.